The van der Waals surface area contributed by atoms with Crippen LogP contribution in [0.5, 0.6) is 0 Å². The van der Waals surface area contributed by atoms with Crippen molar-refractivity contribution < 1.29 is 17.6 Å². The van der Waals surface area contributed by atoms with Gasteiger partial charge in [0.1, 0.15) is 0 Å². The molecule has 0 aliphatic heterocycles. The minimum Gasteiger partial charge on any atom is -0.414 e. The van der Waals surface area contributed by atoms with Gasteiger partial charge in [-0.05, 0) is 6.07 Å². The third kappa shape index (κ3) is 1.26. The van der Waals surface area contributed by atoms with Crippen LogP contribution in [-0.4, -0.2) is 9.97 Å². The molecule has 4 nitrogen and oxygen atoms in total. The van der Waals surface area contributed by atoms with Gasteiger partial charge >= 0.3 is 12.1 Å². The first kappa shape index (κ1) is 8.79. The van der Waals surface area contributed by atoms with E-state index in [9.17, 15) is 13.2 Å². The lowest BCUT2D eigenvalue weighted by atomic mass is 10.4. The molecule has 0 radical (unpaired) electrons. The molecule has 0 aliphatic carbocycles. The molecule has 0 spiro atoms. The number of alkyl halides is 3. The normalized spacial score (nSPS) is 12.2. The molecular weight excluding hydrogens is 199 g/mol. The van der Waals surface area contributed by atoms with Crippen LogP contribution in [0.3, 0.4) is 0 Å². The molecular formula is C7H4F3N3O. The third-order valence-corrected chi connectivity index (χ3v) is 1.57. The van der Waals surface area contributed by atoms with Crippen molar-refractivity contribution in [2.45, 2.75) is 6.18 Å². The highest BCUT2D eigenvalue weighted by Gasteiger charge is 2.37. The van der Waals surface area contributed by atoms with Crippen LogP contribution >= 0.6 is 0 Å². The first-order valence-electron chi connectivity index (χ1n) is 3.56. The van der Waals surface area contributed by atoms with Gasteiger partial charge < -0.3 is 10.2 Å². The van der Waals surface area contributed by atoms with Gasteiger partial charge in [-0.2, -0.15) is 13.2 Å². The number of aromatic nitrogens is 2. The van der Waals surface area contributed by atoms with Gasteiger partial charge in [0.05, 0.1) is 5.69 Å². The summed E-state index contributed by atoms with van der Waals surface area (Å²) < 4.78 is 40.8. The molecule has 0 fully saturated rings. The van der Waals surface area contributed by atoms with E-state index in [1.54, 1.807) is 0 Å². The average molecular weight is 203 g/mol. The maximum Gasteiger partial charge on any atom is 0.469 e. The van der Waals surface area contributed by atoms with E-state index in [4.69, 9.17) is 5.73 Å². The van der Waals surface area contributed by atoms with Gasteiger partial charge in [0.25, 0.3) is 0 Å². The minimum absolute atomic E-state index is 0.0696. The van der Waals surface area contributed by atoms with Crippen LogP contribution in [0.15, 0.2) is 16.7 Å². The zero-order valence-electron chi connectivity index (χ0n) is 6.67. The monoisotopic (exact) mass is 203 g/mol. The topological polar surface area (TPSA) is 64.9 Å². The second kappa shape index (κ2) is 2.60. The second-order valence-electron chi connectivity index (χ2n) is 2.57. The summed E-state index contributed by atoms with van der Waals surface area (Å²) in [5.74, 6) is -1.34. The number of pyridine rings is 1. The summed E-state index contributed by atoms with van der Waals surface area (Å²) in [5.41, 5.74) is 5.21. The van der Waals surface area contributed by atoms with Crippen LogP contribution in [0, 0.1) is 0 Å². The third-order valence-electron chi connectivity index (χ3n) is 1.57. The Morgan fingerprint density at radius 1 is 1.36 bits per heavy atom. The lowest BCUT2D eigenvalue weighted by Gasteiger charge is -1.96. The number of halogens is 3. The Hall–Kier alpha value is -1.79. The minimum atomic E-state index is -4.62. The standard InChI is InChI=1S/C7H4F3N3O/c8-7(9,10)6-13-4-3(11)1-2-12-5(4)14-6/h1-2H,(H2,11,12). The summed E-state index contributed by atoms with van der Waals surface area (Å²) in [5, 5.41) is 0. The van der Waals surface area contributed by atoms with Crippen molar-refractivity contribution in [3.63, 3.8) is 0 Å². The van der Waals surface area contributed by atoms with E-state index in [-0.39, 0.29) is 16.9 Å². The van der Waals surface area contributed by atoms with E-state index in [0.29, 0.717) is 0 Å². The number of hydrogen-bond donors (Lipinski definition) is 1. The summed E-state index contributed by atoms with van der Waals surface area (Å²) in [4.78, 5) is 6.77. The molecule has 2 heterocycles. The molecule has 0 aliphatic rings. The van der Waals surface area contributed by atoms with Crippen LogP contribution in [0.2, 0.25) is 0 Å². The Labute approximate surface area is 75.5 Å². The maximum atomic E-state index is 12.1. The Bertz CT molecular complexity index is 476. The van der Waals surface area contributed by atoms with Crippen molar-refractivity contribution in [1.82, 2.24) is 9.97 Å². The number of rotatable bonds is 0. The molecule has 2 rings (SSSR count). The van der Waals surface area contributed by atoms with Gasteiger partial charge in [-0.15, -0.1) is 0 Å². The summed E-state index contributed by atoms with van der Waals surface area (Å²) in [6, 6.07) is 1.35. The van der Waals surface area contributed by atoms with Crippen LogP contribution in [-0.2, 0) is 6.18 Å². The molecule has 0 aromatic carbocycles. The number of fused-ring (bicyclic) bond motifs is 1. The highest BCUT2D eigenvalue weighted by molar-refractivity contribution is 5.81. The summed E-state index contributed by atoms with van der Waals surface area (Å²) in [7, 11) is 0. The fourth-order valence-electron chi connectivity index (χ4n) is 0.973. The summed E-state index contributed by atoms with van der Waals surface area (Å²) in [6.45, 7) is 0. The van der Waals surface area contributed by atoms with Gasteiger partial charge in [-0.25, -0.2) is 9.97 Å². The average Bonchev–Trinajstić information content (AvgIpc) is 2.48. The van der Waals surface area contributed by atoms with Gasteiger partial charge in [-0.1, -0.05) is 0 Å². The zero-order chi connectivity index (χ0) is 10.3. The second-order valence-corrected chi connectivity index (χ2v) is 2.57. The maximum absolute atomic E-state index is 12.1. The van der Waals surface area contributed by atoms with Crippen molar-refractivity contribution in [3.8, 4) is 0 Å². The predicted octanol–water partition coefficient (Wildman–Crippen LogP) is 1.82. The number of nitrogens with zero attached hydrogens (tertiary/aromatic N) is 2. The first-order valence-corrected chi connectivity index (χ1v) is 3.56. The van der Waals surface area contributed by atoms with E-state index in [1.807, 2.05) is 0 Å². The lowest BCUT2D eigenvalue weighted by molar-refractivity contribution is -0.156. The van der Waals surface area contributed by atoms with Crippen molar-refractivity contribution in [2.24, 2.45) is 0 Å². The fourth-order valence-corrected chi connectivity index (χ4v) is 0.973. The van der Waals surface area contributed by atoms with E-state index >= 15 is 0 Å². The molecule has 0 bridgehead atoms. The lowest BCUT2D eigenvalue weighted by Crippen LogP contribution is -2.04. The molecule has 0 unspecified atom stereocenters. The highest BCUT2D eigenvalue weighted by atomic mass is 19.4. The SMILES string of the molecule is Nc1ccnc2oc(C(F)(F)F)nc12. The van der Waals surface area contributed by atoms with Crippen molar-refractivity contribution >= 4 is 16.9 Å². The molecule has 14 heavy (non-hydrogen) atoms. The number of nitrogen functional groups attached to an aromatic ring is 1. The van der Waals surface area contributed by atoms with E-state index in [2.05, 4.69) is 14.4 Å². The molecule has 0 atom stereocenters. The van der Waals surface area contributed by atoms with Gasteiger partial charge in [0.15, 0.2) is 5.52 Å². The van der Waals surface area contributed by atoms with E-state index < -0.39 is 12.1 Å². The Balaban J connectivity index is 2.69. The molecule has 0 amide bonds. The van der Waals surface area contributed by atoms with Crippen molar-refractivity contribution in [2.75, 3.05) is 5.73 Å². The van der Waals surface area contributed by atoms with Crippen LogP contribution < -0.4 is 5.73 Å². The van der Waals surface area contributed by atoms with Gasteiger partial charge in [-0.3, -0.25) is 0 Å². The van der Waals surface area contributed by atoms with Crippen LogP contribution in [0.25, 0.3) is 11.2 Å². The largest absolute Gasteiger partial charge is 0.469 e. The molecule has 7 heteroatoms. The zero-order valence-corrected chi connectivity index (χ0v) is 6.67. The van der Waals surface area contributed by atoms with Gasteiger partial charge in [0, 0.05) is 6.20 Å². The number of oxazole rings is 1. The molecule has 0 saturated heterocycles. The molecule has 74 valence electrons. The molecule has 0 saturated carbocycles. The van der Waals surface area contributed by atoms with E-state index in [0.717, 1.165) is 0 Å². The Kier molecular flexibility index (Phi) is 1.63. The molecule has 2 aromatic rings. The Morgan fingerprint density at radius 3 is 2.64 bits per heavy atom. The van der Waals surface area contributed by atoms with E-state index in [1.165, 1.54) is 12.3 Å². The van der Waals surface area contributed by atoms with Crippen molar-refractivity contribution in [1.29, 1.82) is 0 Å². The van der Waals surface area contributed by atoms with Crippen molar-refractivity contribution in [3.05, 3.63) is 18.2 Å². The number of hydrogen-bond acceptors (Lipinski definition) is 4. The first-order chi connectivity index (χ1) is 6.48. The van der Waals surface area contributed by atoms with Crippen LogP contribution in [0.1, 0.15) is 5.89 Å². The quantitative estimate of drug-likeness (QED) is 0.709. The molecule has 2 N–H and O–H groups in total. The number of anilines is 1. The number of nitrogens with two attached hydrogens (primary N) is 1. The van der Waals surface area contributed by atoms with Gasteiger partial charge in [0.2, 0.25) is 5.71 Å². The smallest absolute Gasteiger partial charge is 0.414 e. The van der Waals surface area contributed by atoms with Crippen LogP contribution in [0.4, 0.5) is 18.9 Å². The Morgan fingerprint density at radius 2 is 2.07 bits per heavy atom. The predicted molar refractivity (Wildman–Crippen MR) is 41.2 cm³/mol. The highest BCUT2D eigenvalue weighted by Crippen LogP contribution is 2.31. The fraction of sp³-hybridized carbons (Fsp3) is 0.143. The molecule has 2 aromatic heterocycles. The summed E-state index contributed by atoms with van der Waals surface area (Å²) in [6.07, 6.45) is -3.36. The summed E-state index contributed by atoms with van der Waals surface area (Å²) >= 11 is 0.